The monoisotopic (exact) mass is 415 g/mol. The van der Waals surface area contributed by atoms with Crippen molar-refractivity contribution in [2.75, 3.05) is 20.0 Å². The lowest BCUT2D eigenvalue weighted by atomic mass is 9.79. The van der Waals surface area contributed by atoms with Gasteiger partial charge in [0.25, 0.3) is 0 Å². The lowest BCUT2D eigenvalue weighted by Crippen LogP contribution is -2.17. The van der Waals surface area contributed by atoms with Crippen LogP contribution in [0.15, 0.2) is 51.9 Å². The normalized spacial score (nSPS) is 16.1. The molecule has 1 spiro atoms. The van der Waals surface area contributed by atoms with Crippen molar-refractivity contribution in [1.29, 1.82) is 0 Å². The molecule has 29 heavy (non-hydrogen) atoms. The van der Waals surface area contributed by atoms with Crippen molar-refractivity contribution < 1.29 is 24.2 Å². The highest BCUT2D eigenvalue weighted by Crippen LogP contribution is 2.57. The number of nitrogens with two attached hydrogens (primary N) is 1. The second-order valence-electron chi connectivity index (χ2n) is 7.10. The van der Waals surface area contributed by atoms with Crippen LogP contribution in [0.4, 0.5) is 5.82 Å². The van der Waals surface area contributed by atoms with Gasteiger partial charge in [0, 0.05) is 18.0 Å². The molecule has 1 heterocycles. The number of aromatic nitrogens is 1. The molecule has 2 aromatic carbocycles. The van der Waals surface area contributed by atoms with E-state index in [1.807, 2.05) is 6.07 Å². The second kappa shape index (κ2) is 7.53. The predicted molar refractivity (Wildman–Crippen MR) is 110 cm³/mol. The van der Waals surface area contributed by atoms with Crippen molar-refractivity contribution in [3.8, 4) is 22.8 Å². The van der Waals surface area contributed by atoms with E-state index in [1.165, 1.54) is 38.2 Å². The molecule has 1 saturated carbocycles. The number of anilines is 1. The fourth-order valence-electron chi connectivity index (χ4n) is 3.86. The quantitative estimate of drug-likeness (QED) is 0.649. The molecule has 0 radical (unpaired) electrons. The Balaban J connectivity index is 0.000000170. The lowest BCUT2D eigenvalue weighted by Gasteiger charge is -2.23. The summed E-state index contributed by atoms with van der Waals surface area (Å²) in [5.41, 5.74) is 9.91. The first-order chi connectivity index (χ1) is 14.0. The van der Waals surface area contributed by atoms with Crippen molar-refractivity contribution in [3.63, 3.8) is 0 Å². The predicted octanol–water partition coefficient (Wildman–Crippen LogP) is 3.70. The van der Waals surface area contributed by atoms with Crippen LogP contribution in [0.3, 0.4) is 0 Å². The van der Waals surface area contributed by atoms with Crippen LogP contribution < -0.4 is 15.2 Å². The molecule has 0 saturated heterocycles. The number of ether oxygens (including phenoxy) is 2. The summed E-state index contributed by atoms with van der Waals surface area (Å²) >= 11 is -2.35. The van der Waals surface area contributed by atoms with Crippen molar-refractivity contribution in [2.45, 2.75) is 29.6 Å². The van der Waals surface area contributed by atoms with Gasteiger partial charge in [0.05, 0.1) is 14.2 Å². The Kier molecular flexibility index (Phi) is 5.06. The standard InChI is InChI=1S/C13H12N2O.C8H10O4S.H2/c14-12-9-7-13(5-6-13)10-4-2-1-3-8(10)11(9)16-15-12;1-11-6-4-3-5-7(12-2)8(6)13(9)10;/h1-4H,5-7H2,(H2,14,15);3-5H,1-2H3,(H,9,10);1H/p-1. The van der Waals surface area contributed by atoms with Gasteiger partial charge in [0.15, 0.2) is 11.6 Å². The molecule has 1 atom stereocenters. The first-order valence-corrected chi connectivity index (χ1v) is 10.2. The molecular weight excluding hydrogens is 392 g/mol. The largest absolute Gasteiger partial charge is 0.768 e. The molecule has 8 heteroatoms. The number of rotatable bonds is 3. The van der Waals surface area contributed by atoms with Gasteiger partial charge in [-0.05, 0) is 48.0 Å². The third-order valence-electron chi connectivity index (χ3n) is 5.48. The zero-order valence-electron chi connectivity index (χ0n) is 16.1. The Bertz CT molecular complexity index is 1060. The molecule has 7 nitrogen and oxygen atoms in total. The minimum absolute atomic E-state index is 0. The Labute approximate surface area is 172 Å². The van der Waals surface area contributed by atoms with Gasteiger partial charge < -0.3 is 24.3 Å². The molecule has 2 N–H and O–H groups in total. The van der Waals surface area contributed by atoms with E-state index in [4.69, 9.17) is 19.7 Å². The van der Waals surface area contributed by atoms with E-state index in [0.29, 0.717) is 11.2 Å². The lowest BCUT2D eigenvalue weighted by molar-refractivity contribution is 0.371. The molecule has 0 aliphatic heterocycles. The number of methoxy groups -OCH3 is 2. The van der Waals surface area contributed by atoms with E-state index in [1.54, 1.807) is 18.2 Å². The minimum atomic E-state index is -2.35. The number of fused-ring (bicyclic) bond motifs is 4. The number of benzene rings is 2. The van der Waals surface area contributed by atoms with Gasteiger partial charge in [-0.2, -0.15) is 0 Å². The van der Waals surface area contributed by atoms with Gasteiger partial charge in [0.1, 0.15) is 16.4 Å². The van der Waals surface area contributed by atoms with Crippen molar-refractivity contribution >= 4 is 16.9 Å². The molecule has 1 fully saturated rings. The summed E-state index contributed by atoms with van der Waals surface area (Å²) in [5.74, 6) is 2.02. The molecule has 0 bridgehead atoms. The first kappa shape index (κ1) is 19.5. The summed E-state index contributed by atoms with van der Waals surface area (Å²) in [6, 6.07) is 13.3. The average Bonchev–Trinajstić information content (AvgIpc) is 3.43. The van der Waals surface area contributed by atoms with Crippen LogP contribution in [0.2, 0.25) is 0 Å². The Morgan fingerprint density at radius 2 is 1.79 bits per heavy atom. The fourth-order valence-corrected chi connectivity index (χ4v) is 4.49. The van der Waals surface area contributed by atoms with Gasteiger partial charge in [-0.25, -0.2) is 0 Å². The van der Waals surface area contributed by atoms with Crippen LogP contribution in [0, 0.1) is 0 Å². The Hall–Kier alpha value is -2.84. The molecule has 2 aliphatic carbocycles. The fraction of sp³-hybridized carbons (Fsp3) is 0.286. The van der Waals surface area contributed by atoms with Crippen LogP contribution in [-0.2, 0) is 22.9 Å². The summed E-state index contributed by atoms with van der Waals surface area (Å²) in [5, 5.41) is 3.89. The van der Waals surface area contributed by atoms with E-state index in [0.717, 1.165) is 17.7 Å². The summed E-state index contributed by atoms with van der Waals surface area (Å²) in [6.45, 7) is 0. The van der Waals surface area contributed by atoms with E-state index >= 15 is 0 Å². The molecule has 0 amide bonds. The van der Waals surface area contributed by atoms with Crippen molar-refractivity contribution in [3.05, 3.63) is 53.6 Å². The van der Waals surface area contributed by atoms with E-state index < -0.39 is 11.1 Å². The van der Waals surface area contributed by atoms with Gasteiger partial charge in [-0.3, -0.25) is 4.21 Å². The van der Waals surface area contributed by atoms with E-state index in [9.17, 15) is 8.76 Å². The minimum Gasteiger partial charge on any atom is -0.768 e. The molecular formula is C21H23N2O5S-. The third-order valence-corrected chi connectivity index (χ3v) is 6.22. The summed E-state index contributed by atoms with van der Waals surface area (Å²) in [7, 11) is 2.82. The molecule has 2 aliphatic rings. The zero-order valence-corrected chi connectivity index (χ0v) is 17.0. The molecule has 1 unspecified atom stereocenters. The number of nitrogen functional groups attached to an aromatic ring is 1. The average molecular weight is 415 g/mol. The maximum absolute atomic E-state index is 10.8. The Morgan fingerprint density at radius 3 is 2.38 bits per heavy atom. The first-order valence-electron chi connectivity index (χ1n) is 9.15. The van der Waals surface area contributed by atoms with Crippen LogP contribution in [-0.4, -0.2) is 28.1 Å². The number of nitrogens with zero attached hydrogens (tertiary/aromatic N) is 1. The SMILES string of the molecule is COc1cccc(OC)c1S(=O)[O-].Nc1noc2c1CC1(CC1)c1ccccc1-2.[HH]. The highest BCUT2D eigenvalue weighted by Gasteiger charge is 2.49. The van der Waals surface area contributed by atoms with E-state index in [-0.39, 0.29) is 17.8 Å². The maximum Gasteiger partial charge on any atom is 0.172 e. The highest BCUT2D eigenvalue weighted by atomic mass is 32.2. The van der Waals surface area contributed by atoms with Gasteiger partial charge in [-0.15, -0.1) is 0 Å². The number of hydrogen-bond donors (Lipinski definition) is 1. The van der Waals surface area contributed by atoms with Crippen molar-refractivity contribution in [2.24, 2.45) is 0 Å². The third kappa shape index (κ3) is 3.38. The van der Waals surface area contributed by atoms with Crippen LogP contribution in [0.1, 0.15) is 25.4 Å². The number of hydrogen-bond acceptors (Lipinski definition) is 7. The molecule has 1 aromatic heterocycles. The van der Waals surface area contributed by atoms with Crippen LogP contribution in [0.25, 0.3) is 11.3 Å². The maximum atomic E-state index is 10.8. The van der Waals surface area contributed by atoms with Gasteiger partial charge in [0.2, 0.25) is 0 Å². The highest BCUT2D eigenvalue weighted by molar-refractivity contribution is 7.79. The Morgan fingerprint density at radius 1 is 1.14 bits per heavy atom. The topological polar surface area (TPSA) is 111 Å². The summed E-state index contributed by atoms with van der Waals surface area (Å²) < 4.78 is 36.7. The summed E-state index contributed by atoms with van der Waals surface area (Å²) in [4.78, 5) is 0.0486. The summed E-state index contributed by atoms with van der Waals surface area (Å²) in [6.07, 6.45) is 3.51. The van der Waals surface area contributed by atoms with Crippen LogP contribution in [0.5, 0.6) is 11.5 Å². The van der Waals surface area contributed by atoms with Crippen molar-refractivity contribution in [1.82, 2.24) is 5.16 Å². The molecule has 5 rings (SSSR count). The smallest absolute Gasteiger partial charge is 0.172 e. The van der Waals surface area contributed by atoms with E-state index in [2.05, 4.69) is 23.4 Å². The van der Waals surface area contributed by atoms with Gasteiger partial charge >= 0.3 is 0 Å². The van der Waals surface area contributed by atoms with Gasteiger partial charge in [-0.1, -0.05) is 35.5 Å². The second-order valence-corrected chi connectivity index (χ2v) is 7.98. The molecule has 3 aromatic rings. The van der Waals surface area contributed by atoms with Crippen LogP contribution >= 0.6 is 0 Å². The molecule has 154 valence electrons. The zero-order chi connectivity index (χ0) is 20.6.